The third-order valence-corrected chi connectivity index (χ3v) is 1.68. The van der Waals surface area contributed by atoms with E-state index in [1.807, 2.05) is 20.8 Å². The van der Waals surface area contributed by atoms with Gasteiger partial charge in [0.15, 0.2) is 0 Å². The third kappa shape index (κ3) is 3.96. The number of hydrogen-bond acceptors (Lipinski definition) is 2. The molecule has 0 aromatic heterocycles. The first-order valence-corrected chi connectivity index (χ1v) is 4.91. The Hall–Kier alpha value is -1.45. The van der Waals surface area contributed by atoms with Gasteiger partial charge in [-0.15, -0.1) is 0 Å². The highest BCUT2D eigenvalue weighted by molar-refractivity contribution is 5.81. The van der Waals surface area contributed by atoms with E-state index in [1.165, 1.54) is 12.1 Å². The average molecular weight is 226 g/mol. The zero-order valence-corrected chi connectivity index (χ0v) is 9.50. The number of alkyl halides is 2. The van der Waals surface area contributed by atoms with E-state index in [4.69, 9.17) is 4.84 Å². The third-order valence-electron chi connectivity index (χ3n) is 1.68. The molecule has 0 saturated heterocycles. The fraction of sp³-hybridized carbons (Fsp3) is 0.417. The molecule has 0 unspecified atom stereocenters. The molecule has 1 radical (unpaired) electrons. The second-order valence-electron chi connectivity index (χ2n) is 4.29. The molecule has 0 aliphatic heterocycles. The van der Waals surface area contributed by atoms with Crippen LogP contribution in [0.25, 0.3) is 0 Å². The van der Waals surface area contributed by atoms with Crippen LogP contribution in [0, 0.1) is 0 Å². The van der Waals surface area contributed by atoms with Gasteiger partial charge < -0.3 is 4.84 Å². The lowest BCUT2D eigenvalue weighted by molar-refractivity contribution is 0.00197. The molecule has 16 heavy (non-hydrogen) atoms. The average Bonchev–Trinajstić information content (AvgIpc) is 2.16. The van der Waals surface area contributed by atoms with Crippen LogP contribution >= 0.6 is 0 Å². The van der Waals surface area contributed by atoms with Crippen LogP contribution in [0.5, 0.6) is 0 Å². The zero-order valence-electron chi connectivity index (χ0n) is 9.50. The smallest absolute Gasteiger partial charge is 0.264 e. The molecule has 0 spiro atoms. The highest BCUT2D eigenvalue weighted by Crippen LogP contribution is 2.21. The Kier molecular flexibility index (Phi) is 3.99. The summed E-state index contributed by atoms with van der Waals surface area (Å²) >= 11 is 0. The minimum absolute atomic E-state index is 0.0937. The van der Waals surface area contributed by atoms with E-state index in [-0.39, 0.29) is 11.1 Å². The minimum Gasteiger partial charge on any atom is -0.390 e. The van der Waals surface area contributed by atoms with Crippen molar-refractivity contribution in [2.75, 3.05) is 0 Å². The van der Waals surface area contributed by atoms with Gasteiger partial charge >= 0.3 is 0 Å². The maximum absolute atomic E-state index is 12.6. The van der Waals surface area contributed by atoms with Crippen LogP contribution in [-0.4, -0.2) is 11.8 Å². The van der Waals surface area contributed by atoms with Crippen LogP contribution in [0.3, 0.4) is 0 Å². The SMILES string of the molecule is CC(C)(C)O/N=[C]/c1ccccc1C(F)F. The first-order chi connectivity index (χ1) is 7.40. The van der Waals surface area contributed by atoms with Crippen molar-refractivity contribution in [2.24, 2.45) is 5.16 Å². The Morgan fingerprint density at radius 1 is 1.25 bits per heavy atom. The van der Waals surface area contributed by atoms with Gasteiger partial charge in [-0.3, -0.25) is 0 Å². The Morgan fingerprint density at radius 2 is 1.88 bits per heavy atom. The van der Waals surface area contributed by atoms with Crippen molar-refractivity contribution in [1.29, 1.82) is 0 Å². The maximum Gasteiger partial charge on any atom is 0.264 e. The van der Waals surface area contributed by atoms with Crippen molar-refractivity contribution < 1.29 is 13.6 Å². The van der Waals surface area contributed by atoms with E-state index >= 15 is 0 Å². The van der Waals surface area contributed by atoms with Crippen LogP contribution in [0.2, 0.25) is 0 Å². The van der Waals surface area contributed by atoms with Crippen molar-refractivity contribution in [2.45, 2.75) is 32.8 Å². The van der Waals surface area contributed by atoms with E-state index in [0.717, 1.165) is 0 Å². The van der Waals surface area contributed by atoms with Crippen LogP contribution in [-0.2, 0) is 4.84 Å². The normalized spacial score (nSPS) is 12.4. The van der Waals surface area contributed by atoms with Crippen molar-refractivity contribution in [3.8, 4) is 0 Å². The van der Waals surface area contributed by atoms with Crippen LogP contribution in [0.15, 0.2) is 29.4 Å². The predicted octanol–water partition coefficient (Wildman–Crippen LogP) is 3.65. The fourth-order valence-corrected chi connectivity index (χ4v) is 0.998. The van der Waals surface area contributed by atoms with Gasteiger partial charge in [-0.05, 0) is 20.8 Å². The van der Waals surface area contributed by atoms with Crippen LogP contribution in [0.1, 0.15) is 38.3 Å². The first-order valence-electron chi connectivity index (χ1n) is 4.91. The molecule has 0 heterocycles. The summed E-state index contributed by atoms with van der Waals surface area (Å²) in [6.07, 6.45) is -0.0599. The van der Waals surface area contributed by atoms with Gasteiger partial charge in [-0.2, -0.15) is 0 Å². The van der Waals surface area contributed by atoms with Gasteiger partial charge in [0.05, 0.1) is 0 Å². The molecule has 0 N–H and O–H groups in total. The second kappa shape index (κ2) is 5.05. The first kappa shape index (κ1) is 12.6. The fourth-order valence-electron chi connectivity index (χ4n) is 0.998. The number of benzene rings is 1. The largest absolute Gasteiger partial charge is 0.390 e. The molecule has 0 aliphatic rings. The summed E-state index contributed by atoms with van der Waals surface area (Å²) in [6, 6.07) is 6.08. The molecule has 0 fully saturated rings. The molecule has 1 rings (SSSR count). The Balaban J connectivity index is 2.81. The molecule has 0 saturated carbocycles. The zero-order chi connectivity index (χ0) is 12.2. The van der Waals surface area contributed by atoms with Crippen molar-refractivity contribution >= 4 is 6.21 Å². The lowest BCUT2D eigenvalue weighted by atomic mass is 10.1. The van der Waals surface area contributed by atoms with Crippen molar-refractivity contribution in [3.63, 3.8) is 0 Å². The summed E-state index contributed by atoms with van der Waals surface area (Å²) in [7, 11) is 0. The predicted molar refractivity (Wildman–Crippen MR) is 58.8 cm³/mol. The summed E-state index contributed by atoms with van der Waals surface area (Å²) in [6.45, 7) is 5.45. The molecule has 0 bridgehead atoms. The summed E-state index contributed by atoms with van der Waals surface area (Å²) in [4.78, 5) is 5.04. The Labute approximate surface area is 93.9 Å². The van der Waals surface area contributed by atoms with E-state index in [1.54, 1.807) is 12.1 Å². The standard InChI is InChI=1S/C12H14F2NO/c1-12(2,3)16-15-8-9-6-4-5-7-10(9)11(13)14/h4-7,11H,1-3H3. The summed E-state index contributed by atoms with van der Waals surface area (Å²) < 4.78 is 25.1. The molecule has 87 valence electrons. The molecule has 1 aromatic rings. The highest BCUT2D eigenvalue weighted by Gasteiger charge is 2.12. The van der Waals surface area contributed by atoms with Gasteiger partial charge in [0.1, 0.15) is 11.8 Å². The number of rotatable bonds is 3. The van der Waals surface area contributed by atoms with E-state index in [2.05, 4.69) is 11.4 Å². The van der Waals surface area contributed by atoms with Gasteiger partial charge in [-0.25, -0.2) is 8.78 Å². The number of halogens is 2. The molecule has 0 amide bonds. The summed E-state index contributed by atoms with van der Waals surface area (Å²) in [5.74, 6) is 0. The van der Waals surface area contributed by atoms with E-state index in [0.29, 0.717) is 0 Å². The molecular formula is C12H14F2NO. The topological polar surface area (TPSA) is 21.6 Å². The lowest BCUT2D eigenvalue weighted by Gasteiger charge is -2.14. The van der Waals surface area contributed by atoms with E-state index in [9.17, 15) is 8.78 Å². The Bertz CT molecular complexity index is 370. The van der Waals surface area contributed by atoms with E-state index < -0.39 is 12.0 Å². The number of hydrogen-bond donors (Lipinski definition) is 0. The van der Waals surface area contributed by atoms with Gasteiger partial charge in [0.25, 0.3) is 6.43 Å². The minimum atomic E-state index is -2.53. The monoisotopic (exact) mass is 226 g/mol. The quantitative estimate of drug-likeness (QED) is 0.569. The molecular weight excluding hydrogens is 212 g/mol. The maximum atomic E-state index is 12.6. The molecule has 0 aliphatic carbocycles. The summed E-state index contributed by atoms with van der Waals surface area (Å²) in [5.41, 5.74) is -0.294. The molecule has 0 atom stereocenters. The highest BCUT2D eigenvalue weighted by atomic mass is 19.3. The molecule has 4 heteroatoms. The number of nitrogens with zero attached hydrogens (tertiary/aromatic N) is 1. The van der Waals surface area contributed by atoms with Gasteiger partial charge in [0.2, 0.25) is 0 Å². The lowest BCUT2D eigenvalue weighted by Crippen LogP contribution is -2.15. The van der Waals surface area contributed by atoms with Gasteiger partial charge in [-0.1, -0.05) is 29.4 Å². The molecule has 2 nitrogen and oxygen atoms in total. The van der Waals surface area contributed by atoms with Crippen molar-refractivity contribution in [1.82, 2.24) is 0 Å². The van der Waals surface area contributed by atoms with Crippen molar-refractivity contribution in [3.05, 3.63) is 35.4 Å². The summed E-state index contributed by atoms with van der Waals surface area (Å²) in [5, 5.41) is 3.57. The second-order valence-corrected chi connectivity index (χ2v) is 4.29. The van der Waals surface area contributed by atoms with Crippen LogP contribution in [0.4, 0.5) is 8.78 Å². The van der Waals surface area contributed by atoms with Gasteiger partial charge in [0, 0.05) is 11.1 Å². The Morgan fingerprint density at radius 3 is 2.44 bits per heavy atom. The molecule has 1 aromatic carbocycles. The van der Waals surface area contributed by atoms with Crippen LogP contribution < -0.4 is 0 Å².